The van der Waals surface area contributed by atoms with Crippen LogP contribution in [0.1, 0.15) is 0 Å². The van der Waals surface area contributed by atoms with Gasteiger partial charge in [-0.25, -0.2) is 8.78 Å². The average Bonchev–Trinajstić information content (AvgIpc) is 2.64. The molecule has 2 nitrogen and oxygen atoms in total. The largest absolute Gasteiger partial charge is 0.380 e. The van der Waals surface area contributed by atoms with Crippen molar-refractivity contribution in [2.45, 2.75) is 0 Å². The lowest BCUT2D eigenvalue weighted by molar-refractivity contribution is 0.628. The van der Waals surface area contributed by atoms with Crippen LogP contribution in [0.5, 0.6) is 0 Å². The molecule has 140 valence electrons. The second-order valence-electron chi connectivity index (χ2n) is 4.89. The lowest BCUT2D eigenvalue weighted by Crippen LogP contribution is -2.17. The molecule has 0 aliphatic heterocycles. The van der Waals surface area contributed by atoms with Gasteiger partial charge in [-0.3, -0.25) is 0 Å². The maximum atomic E-state index is 13.5. The third kappa shape index (κ3) is 8.62. The van der Waals surface area contributed by atoms with Crippen molar-refractivity contribution in [1.82, 2.24) is 5.32 Å². The lowest BCUT2D eigenvalue weighted by Gasteiger charge is -2.14. The highest BCUT2D eigenvalue weighted by Gasteiger charge is 2.09. The Morgan fingerprint density at radius 3 is 2.63 bits per heavy atom. The normalized spacial score (nSPS) is 13.0. The Bertz CT molecular complexity index is 872. The molecule has 0 saturated heterocycles. The molecular formula is C20H15Br3F2N2. The molecular weight excluding hydrogens is 546 g/mol. The molecule has 0 heterocycles. The van der Waals surface area contributed by atoms with Crippen LogP contribution < -0.4 is 10.6 Å². The van der Waals surface area contributed by atoms with Gasteiger partial charge < -0.3 is 10.6 Å². The summed E-state index contributed by atoms with van der Waals surface area (Å²) in [7, 11) is 0. The highest BCUT2D eigenvalue weighted by atomic mass is 79.9. The van der Waals surface area contributed by atoms with E-state index in [0.717, 1.165) is 4.47 Å². The van der Waals surface area contributed by atoms with Crippen molar-refractivity contribution in [2.24, 2.45) is 0 Å². The van der Waals surface area contributed by atoms with E-state index < -0.39 is 5.83 Å². The number of anilines is 1. The first kappa shape index (κ1) is 23.2. The summed E-state index contributed by atoms with van der Waals surface area (Å²) in [6.45, 7) is 0.531. The molecule has 0 aliphatic carbocycles. The summed E-state index contributed by atoms with van der Waals surface area (Å²) in [5.41, 5.74) is 1.21. The number of terminal acetylenes is 2. The minimum atomic E-state index is -0.463. The molecule has 0 fully saturated rings. The van der Waals surface area contributed by atoms with Crippen LogP contribution in [0.25, 0.3) is 0 Å². The van der Waals surface area contributed by atoms with E-state index in [1.165, 1.54) is 36.4 Å². The third-order valence-corrected chi connectivity index (χ3v) is 4.99. The first-order valence-electron chi connectivity index (χ1n) is 7.51. The fourth-order valence-electron chi connectivity index (χ4n) is 1.80. The topological polar surface area (TPSA) is 24.1 Å². The summed E-state index contributed by atoms with van der Waals surface area (Å²) in [5, 5.41) is 6.17. The lowest BCUT2D eigenvalue weighted by atomic mass is 10.3. The van der Waals surface area contributed by atoms with Crippen molar-refractivity contribution in [3.05, 3.63) is 73.3 Å². The maximum Gasteiger partial charge on any atom is 0.125 e. The molecule has 1 rings (SSSR count). The van der Waals surface area contributed by atoms with Gasteiger partial charge in [0.25, 0.3) is 0 Å². The molecule has 0 aliphatic rings. The van der Waals surface area contributed by atoms with Crippen LogP contribution in [0.2, 0.25) is 0 Å². The molecule has 0 radical (unpaired) electrons. The Balaban J connectivity index is 2.95. The number of rotatable bonds is 8. The Morgan fingerprint density at radius 2 is 1.96 bits per heavy atom. The molecule has 0 unspecified atom stereocenters. The second kappa shape index (κ2) is 12.6. The van der Waals surface area contributed by atoms with Gasteiger partial charge in [-0.05, 0) is 68.3 Å². The molecule has 7 heteroatoms. The Morgan fingerprint density at radius 1 is 1.22 bits per heavy atom. The van der Waals surface area contributed by atoms with E-state index >= 15 is 0 Å². The van der Waals surface area contributed by atoms with Crippen LogP contribution >= 0.6 is 47.8 Å². The van der Waals surface area contributed by atoms with Gasteiger partial charge in [-0.1, -0.05) is 27.8 Å². The van der Waals surface area contributed by atoms with Gasteiger partial charge in [-0.15, -0.1) is 12.8 Å². The van der Waals surface area contributed by atoms with E-state index in [1.807, 2.05) is 0 Å². The summed E-state index contributed by atoms with van der Waals surface area (Å²) in [6.07, 6.45) is 15.7. The van der Waals surface area contributed by atoms with Gasteiger partial charge in [0.2, 0.25) is 0 Å². The van der Waals surface area contributed by atoms with E-state index in [4.69, 9.17) is 12.8 Å². The molecule has 27 heavy (non-hydrogen) atoms. The smallest absolute Gasteiger partial charge is 0.125 e. The van der Waals surface area contributed by atoms with E-state index in [1.54, 1.807) is 6.07 Å². The fourth-order valence-corrected chi connectivity index (χ4v) is 3.45. The molecule has 2 N–H and O–H groups in total. The summed E-state index contributed by atoms with van der Waals surface area (Å²) in [5.74, 6) is 3.81. The Kier molecular flexibility index (Phi) is 10.8. The predicted octanol–water partition coefficient (Wildman–Crippen LogP) is 6.15. The maximum absolute atomic E-state index is 13.5. The van der Waals surface area contributed by atoms with Crippen LogP contribution in [0.4, 0.5) is 14.5 Å². The molecule has 0 bridgehead atoms. The minimum absolute atomic E-state index is 0.197. The van der Waals surface area contributed by atoms with E-state index in [2.05, 4.69) is 70.3 Å². The first-order valence-corrected chi connectivity index (χ1v) is 9.88. The number of halogens is 5. The number of benzene rings is 1. The molecule has 0 amide bonds. The molecule has 0 saturated carbocycles. The van der Waals surface area contributed by atoms with Crippen molar-refractivity contribution in [1.29, 1.82) is 0 Å². The summed E-state index contributed by atoms with van der Waals surface area (Å²) in [6, 6.07) is 4.34. The number of hydrogen-bond acceptors (Lipinski definition) is 2. The Hall–Kier alpha value is -1.80. The van der Waals surface area contributed by atoms with E-state index in [-0.39, 0.29) is 12.4 Å². The van der Waals surface area contributed by atoms with Crippen LogP contribution in [0.15, 0.2) is 67.5 Å². The summed E-state index contributed by atoms with van der Waals surface area (Å²) < 4.78 is 29.0. The quantitative estimate of drug-likeness (QED) is 0.294. The first-order chi connectivity index (χ1) is 12.9. The zero-order valence-electron chi connectivity index (χ0n) is 14.0. The van der Waals surface area contributed by atoms with Crippen LogP contribution in [-0.2, 0) is 0 Å². The van der Waals surface area contributed by atoms with Crippen LogP contribution in [0, 0.1) is 30.5 Å². The number of allylic oxidation sites excluding steroid dienone is 5. The predicted molar refractivity (Wildman–Crippen MR) is 120 cm³/mol. The van der Waals surface area contributed by atoms with Crippen molar-refractivity contribution >= 4 is 53.5 Å². The highest BCUT2D eigenvalue weighted by Crippen LogP contribution is 2.26. The standard InChI is InChI=1S/C20H15Br3F2N2/c1-3-5-7-14(24)10-11-26-20(17(22)6-4-2)18(23)13-27-19-12-15(25)8-9-16(19)21/h1-2,5-10,12,26-27H,11,13H2/b7-5-,14-10+,17-6+,20-18-. The van der Waals surface area contributed by atoms with E-state index in [0.29, 0.717) is 26.9 Å². The molecule has 1 aromatic rings. The van der Waals surface area contributed by atoms with E-state index in [9.17, 15) is 8.78 Å². The van der Waals surface area contributed by atoms with Crippen LogP contribution in [0.3, 0.4) is 0 Å². The zero-order valence-corrected chi connectivity index (χ0v) is 18.8. The van der Waals surface area contributed by atoms with Crippen molar-refractivity contribution in [3.63, 3.8) is 0 Å². The monoisotopic (exact) mass is 558 g/mol. The van der Waals surface area contributed by atoms with Crippen LogP contribution in [-0.4, -0.2) is 13.1 Å². The van der Waals surface area contributed by atoms with Gasteiger partial charge >= 0.3 is 0 Å². The third-order valence-electron chi connectivity index (χ3n) is 3.00. The molecule has 0 spiro atoms. The van der Waals surface area contributed by atoms with Crippen molar-refractivity contribution in [3.8, 4) is 24.7 Å². The summed E-state index contributed by atoms with van der Waals surface area (Å²) in [4.78, 5) is 0. The number of hydrogen-bond donors (Lipinski definition) is 2. The fraction of sp³-hybridized carbons (Fsp3) is 0.100. The van der Waals surface area contributed by atoms with Crippen molar-refractivity contribution in [2.75, 3.05) is 18.4 Å². The summed E-state index contributed by atoms with van der Waals surface area (Å²) >= 11 is 10.2. The highest BCUT2D eigenvalue weighted by molar-refractivity contribution is 9.12. The van der Waals surface area contributed by atoms with Gasteiger partial charge in [0, 0.05) is 32.6 Å². The Labute approximate surface area is 183 Å². The SMILES string of the molecule is C#C/C=C\C(F)=C/CNC(=C(\Br)CNc1cc(F)ccc1Br)/C(Br)=C\C#C. The zero-order chi connectivity index (χ0) is 20.2. The number of nitrogens with one attached hydrogen (secondary N) is 2. The van der Waals surface area contributed by atoms with Gasteiger partial charge in [0.1, 0.15) is 11.6 Å². The minimum Gasteiger partial charge on any atom is -0.380 e. The molecule has 0 aromatic heterocycles. The van der Waals surface area contributed by atoms with Crippen molar-refractivity contribution < 1.29 is 8.78 Å². The average molecular weight is 561 g/mol. The van der Waals surface area contributed by atoms with Gasteiger partial charge in [-0.2, -0.15) is 0 Å². The second-order valence-corrected chi connectivity index (χ2v) is 7.55. The molecule has 0 atom stereocenters. The van der Waals surface area contributed by atoms with Gasteiger partial charge in [0.15, 0.2) is 0 Å². The van der Waals surface area contributed by atoms with Gasteiger partial charge in [0.05, 0.1) is 11.4 Å². The molecule has 1 aromatic carbocycles.